The number of carbonyl (C=O) groups excluding carboxylic acids is 1. The highest BCUT2D eigenvalue weighted by atomic mass is 127. The Morgan fingerprint density at radius 1 is 1.58 bits per heavy atom. The summed E-state index contributed by atoms with van der Waals surface area (Å²) in [7, 11) is 0. The molecule has 1 heterocycles. The van der Waals surface area contributed by atoms with Crippen LogP contribution in [0.4, 0.5) is 10.8 Å². The Morgan fingerprint density at radius 2 is 2.32 bits per heavy atom. The maximum atomic E-state index is 11.5. The van der Waals surface area contributed by atoms with Gasteiger partial charge in [-0.2, -0.15) is 0 Å². The van der Waals surface area contributed by atoms with Crippen LogP contribution in [0.2, 0.25) is 0 Å². The molecule has 7 heteroatoms. The number of fused-ring (bicyclic) bond motifs is 3. The maximum absolute atomic E-state index is 11.5. The van der Waals surface area contributed by atoms with E-state index >= 15 is 0 Å². The van der Waals surface area contributed by atoms with E-state index in [-0.39, 0.29) is 5.91 Å². The molecule has 0 radical (unpaired) electrons. The van der Waals surface area contributed by atoms with E-state index in [1.54, 1.807) is 10.0 Å². The van der Waals surface area contributed by atoms with Gasteiger partial charge in [0.25, 0.3) is 0 Å². The van der Waals surface area contributed by atoms with Crippen molar-refractivity contribution in [2.75, 3.05) is 8.85 Å². The van der Waals surface area contributed by atoms with Crippen molar-refractivity contribution < 1.29 is 4.79 Å². The molecule has 0 fully saturated rings. The van der Waals surface area contributed by atoms with Gasteiger partial charge >= 0.3 is 0 Å². The molecule has 1 aromatic carbocycles. The van der Waals surface area contributed by atoms with Gasteiger partial charge in [0.05, 0.1) is 34.2 Å². The molecular formula is C12H9BrIN3OS. The van der Waals surface area contributed by atoms with Crippen LogP contribution in [0.3, 0.4) is 0 Å². The number of rotatable bonds is 1. The lowest BCUT2D eigenvalue weighted by molar-refractivity contribution is -0.115. The number of anilines is 2. The average molecular weight is 450 g/mol. The van der Waals surface area contributed by atoms with Crippen molar-refractivity contribution in [2.24, 2.45) is 0 Å². The average Bonchev–Trinajstić information content (AvgIpc) is 2.83. The number of thiazole rings is 1. The van der Waals surface area contributed by atoms with E-state index in [4.69, 9.17) is 5.73 Å². The largest absolute Gasteiger partial charge is 0.375 e. The van der Waals surface area contributed by atoms with Crippen LogP contribution < -0.4 is 8.85 Å². The summed E-state index contributed by atoms with van der Waals surface area (Å²) in [4.78, 5) is 17.1. The quantitative estimate of drug-likeness (QED) is 0.454. The molecule has 1 amide bonds. The van der Waals surface area contributed by atoms with Crippen molar-refractivity contribution in [3.05, 3.63) is 27.0 Å². The molecule has 0 saturated heterocycles. The zero-order chi connectivity index (χ0) is 13.7. The summed E-state index contributed by atoms with van der Waals surface area (Å²) >= 11 is 7.06. The minimum absolute atomic E-state index is 0.00334. The topological polar surface area (TPSA) is 59.2 Å². The number of amides is 1. The Kier molecular flexibility index (Phi) is 3.30. The number of aromatic nitrogens is 1. The van der Waals surface area contributed by atoms with Crippen LogP contribution in [0.25, 0.3) is 11.3 Å². The molecule has 0 atom stereocenters. The van der Waals surface area contributed by atoms with Gasteiger partial charge in [-0.25, -0.2) is 4.98 Å². The number of benzene rings is 1. The van der Waals surface area contributed by atoms with Crippen molar-refractivity contribution in [1.29, 1.82) is 0 Å². The van der Waals surface area contributed by atoms with Crippen LogP contribution in [0.5, 0.6) is 0 Å². The van der Waals surface area contributed by atoms with E-state index < -0.39 is 0 Å². The van der Waals surface area contributed by atoms with Crippen molar-refractivity contribution in [3.63, 3.8) is 0 Å². The molecule has 1 aliphatic carbocycles. The third-order valence-corrected chi connectivity index (χ3v) is 5.70. The van der Waals surface area contributed by atoms with Crippen LogP contribution in [-0.2, 0) is 11.2 Å². The first-order valence-corrected chi connectivity index (χ1v) is 8.09. The fourth-order valence-corrected chi connectivity index (χ4v) is 4.29. The van der Waals surface area contributed by atoms with Gasteiger partial charge < -0.3 is 5.73 Å². The first-order chi connectivity index (χ1) is 8.97. The number of nitrogens with zero attached hydrogens (tertiary/aromatic N) is 2. The minimum Gasteiger partial charge on any atom is -0.375 e. The van der Waals surface area contributed by atoms with Crippen LogP contribution in [0.15, 0.2) is 16.6 Å². The first-order valence-electron chi connectivity index (χ1n) is 5.52. The predicted octanol–water partition coefficient (Wildman–Crippen LogP) is 3.76. The number of carbonyl (C=O) groups is 1. The summed E-state index contributed by atoms with van der Waals surface area (Å²) in [6, 6.07) is 4.06. The molecule has 19 heavy (non-hydrogen) atoms. The lowest BCUT2D eigenvalue weighted by Gasteiger charge is -2.15. The molecule has 1 aromatic heterocycles. The second kappa shape index (κ2) is 4.71. The SMILES string of the molecule is CC(=O)N(I)c1cc2c(cc1Br)-c1nc(N)sc1C2. The highest BCUT2D eigenvalue weighted by Crippen LogP contribution is 2.44. The van der Waals surface area contributed by atoms with Gasteiger partial charge in [0.2, 0.25) is 5.91 Å². The number of nitrogen functional groups attached to an aromatic ring is 1. The van der Waals surface area contributed by atoms with Crippen molar-refractivity contribution in [2.45, 2.75) is 13.3 Å². The first kappa shape index (κ1) is 13.3. The van der Waals surface area contributed by atoms with Gasteiger partial charge in [0, 0.05) is 28.3 Å². The minimum atomic E-state index is -0.00334. The number of nitrogens with two attached hydrogens (primary N) is 1. The van der Waals surface area contributed by atoms with Crippen molar-refractivity contribution in [1.82, 2.24) is 4.98 Å². The van der Waals surface area contributed by atoms with Crippen molar-refractivity contribution in [3.8, 4) is 11.3 Å². The standard InChI is InChI=1S/C12H9BrIN3OS/c1-5(18)17(14)9-2-6-3-10-11(16-12(15)19-10)7(6)4-8(9)13/h2,4H,3H2,1H3,(H2,15,16). The van der Waals surface area contributed by atoms with Gasteiger partial charge in [-0.1, -0.05) is 0 Å². The molecule has 2 aromatic rings. The Morgan fingerprint density at radius 3 is 3.00 bits per heavy atom. The smallest absolute Gasteiger partial charge is 0.232 e. The summed E-state index contributed by atoms with van der Waals surface area (Å²) < 4.78 is 2.49. The van der Waals surface area contributed by atoms with E-state index in [1.807, 2.05) is 35.0 Å². The normalized spacial score (nSPS) is 12.2. The molecule has 0 bridgehead atoms. The summed E-state index contributed by atoms with van der Waals surface area (Å²) in [6.07, 6.45) is 0.836. The summed E-state index contributed by atoms with van der Waals surface area (Å²) in [5, 5.41) is 0.607. The third kappa shape index (κ3) is 2.17. The van der Waals surface area contributed by atoms with E-state index in [0.717, 1.165) is 27.8 Å². The number of hydrogen-bond acceptors (Lipinski definition) is 4. The second-order valence-electron chi connectivity index (χ2n) is 4.26. The molecule has 0 unspecified atom stereocenters. The molecule has 98 valence electrons. The van der Waals surface area contributed by atoms with E-state index in [0.29, 0.717) is 5.13 Å². The van der Waals surface area contributed by atoms with Crippen LogP contribution in [-0.4, -0.2) is 10.9 Å². The van der Waals surface area contributed by atoms with Gasteiger partial charge in [-0.05, 0) is 33.6 Å². The van der Waals surface area contributed by atoms with Crippen LogP contribution in [0.1, 0.15) is 17.4 Å². The molecule has 1 aliphatic rings. The van der Waals surface area contributed by atoms with Crippen LogP contribution in [0, 0.1) is 0 Å². The Hall–Kier alpha value is -0.670. The van der Waals surface area contributed by atoms with Crippen molar-refractivity contribution >= 4 is 66.9 Å². The van der Waals surface area contributed by atoms with Crippen LogP contribution >= 0.6 is 50.1 Å². The third-order valence-electron chi connectivity index (χ3n) is 2.98. The van der Waals surface area contributed by atoms with E-state index in [9.17, 15) is 4.79 Å². The lowest BCUT2D eigenvalue weighted by Crippen LogP contribution is -2.16. The van der Waals surface area contributed by atoms with Gasteiger partial charge in [-0.15, -0.1) is 11.3 Å². The Bertz CT molecular complexity index is 701. The summed E-state index contributed by atoms with van der Waals surface area (Å²) in [5.41, 5.74) is 9.89. The molecule has 0 aliphatic heterocycles. The zero-order valence-electron chi connectivity index (χ0n) is 9.91. The van der Waals surface area contributed by atoms with Gasteiger partial charge in [0.1, 0.15) is 0 Å². The molecule has 4 nitrogen and oxygen atoms in total. The second-order valence-corrected chi connectivity index (χ2v) is 7.20. The Balaban J connectivity index is 2.12. The summed E-state index contributed by atoms with van der Waals surface area (Å²) in [6.45, 7) is 1.55. The number of hydrogen-bond donors (Lipinski definition) is 1. The fourth-order valence-electron chi connectivity index (χ4n) is 2.17. The molecular weight excluding hydrogens is 441 g/mol. The predicted molar refractivity (Wildman–Crippen MR) is 89.6 cm³/mol. The maximum Gasteiger partial charge on any atom is 0.232 e. The lowest BCUT2D eigenvalue weighted by atomic mass is 10.1. The highest BCUT2D eigenvalue weighted by Gasteiger charge is 2.25. The van der Waals surface area contributed by atoms with Gasteiger partial charge in [0.15, 0.2) is 5.13 Å². The fraction of sp³-hybridized carbons (Fsp3) is 0.167. The summed E-state index contributed by atoms with van der Waals surface area (Å²) in [5.74, 6) is -0.00334. The van der Waals surface area contributed by atoms with E-state index in [1.165, 1.54) is 21.8 Å². The molecule has 0 spiro atoms. The molecule has 3 rings (SSSR count). The van der Waals surface area contributed by atoms with Gasteiger partial charge in [-0.3, -0.25) is 7.91 Å². The monoisotopic (exact) mass is 449 g/mol. The zero-order valence-corrected chi connectivity index (χ0v) is 14.5. The highest BCUT2D eigenvalue weighted by molar-refractivity contribution is 14.1. The molecule has 2 N–H and O–H groups in total. The molecule has 0 saturated carbocycles. The number of halogens is 2. The van der Waals surface area contributed by atoms with E-state index in [2.05, 4.69) is 20.9 Å². The Labute approximate surface area is 136 Å².